The molecule has 2 heteroatoms. The molecule has 0 aliphatic carbocycles. The molecule has 0 unspecified atom stereocenters. The Balaban J connectivity index is 2.68. The molecule has 0 aromatic heterocycles. The lowest BCUT2D eigenvalue weighted by molar-refractivity contribution is 0.158. The first kappa shape index (κ1) is 13.9. The van der Waals surface area contributed by atoms with Crippen molar-refractivity contribution in [3.05, 3.63) is 48.6 Å². The topological polar surface area (TPSA) is 21.3 Å². The lowest BCUT2D eigenvalue weighted by atomic mass is 10.0. The van der Waals surface area contributed by atoms with E-state index in [1.54, 1.807) is 7.11 Å². The van der Waals surface area contributed by atoms with E-state index in [4.69, 9.17) is 4.74 Å². The van der Waals surface area contributed by atoms with E-state index in [0.717, 1.165) is 19.4 Å². The third-order valence-corrected chi connectivity index (χ3v) is 2.90. The van der Waals surface area contributed by atoms with Crippen LogP contribution in [0.25, 0.3) is 0 Å². The van der Waals surface area contributed by atoms with Crippen LogP contribution >= 0.6 is 0 Å². The molecule has 17 heavy (non-hydrogen) atoms. The fourth-order valence-corrected chi connectivity index (χ4v) is 1.92. The average molecular weight is 233 g/mol. The van der Waals surface area contributed by atoms with Crippen molar-refractivity contribution in [1.29, 1.82) is 0 Å². The van der Waals surface area contributed by atoms with Gasteiger partial charge in [-0.05, 0) is 18.4 Å². The second-order valence-electron chi connectivity index (χ2n) is 4.21. The van der Waals surface area contributed by atoms with E-state index in [9.17, 15) is 0 Å². The van der Waals surface area contributed by atoms with Crippen LogP contribution in [-0.2, 0) is 4.74 Å². The minimum absolute atomic E-state index is 0.328. The lowest BCUT2D eigenvalue weighted by Gasteiger charge is -2.24. The molecule has 1 aromatic rings. The van der Waals surface area contributed by atoms with Crippen molar-refractivity contribution >= 4 is 0 Å². The molecule has 0 saturated heterocycles. The normalized spacial score (nSPS) is 14.2. The highest BCUT2D eigenvalue weighted by Crippen LogP contribution is 2.18. The monoisotopic (exact) mass is 233 g/mol. The van der Waals surface area contributed by atoms with Crippen molar-refractivity contribution in [2.75, 3.05) is 13.7 Å². The van der Waals surface area contributed by atoms with E-state index >= 15 is 0 Å². The number of hydrogen-bond acceptors (Lipinski definition) is 2. The van der Waals surface area contributed by atoms with Gasteiger partial charge in [-0.25, -0.2) is 0 Å². The molecule has 0 saturated carbocycles. The molecule has 0 amide bonds. The second kappa shape index (κ2) is 8.04. The first-order chi connectivity index (χ1) is 8.31. The quantitative estimate of drug-likeness (QED) is 0.695. The molecule has 0 fully saturated rings. The van der Waals surface area contributed by atoms with Gasteiger partial charge < -0.3 is 10.1 Å². The fraction of sp³-hybridized carbons (Fsp3) is 0.467. The number of methoxy groups -OCH3 is 1. The highest BCUT2D eigenvalue weighted by Gasteiger charge is 2.14. The third kappa shape index (κ3) is 4.72. The van der Waals surface area contributed by atoms with Crippen LogP contribution in [-0.4, -0.2) is 19.8 Å². The van der Waals surface area contributed by atoms with Crippen molar-refractivity contribution in [1.82, 2.24) is 5.32 Å². The Hall–Kier alpha value is -1.12. The zero-order valence-electron chi connectivity index (χ0n) is 10.9. The van der Waals surface area contributed by atoms with Crippen molar-refractivity contribution < 1.29 is 4.74 Å². The highest BCUT2D eigenvalue weighted by atomic mass is 16.5. The van der Waals surface area contributed by atoms with Gasteiger partial charge in [0.05, 0.1) is 6.61 Å². The molecular weight excluding hydrogens is 210 g/mol. The molecule has 1 N–H and O–H groups in total. The molecule has 2 nitrogen and oxygen atoms in total. The van der Waals surface area contributed by atoms with Crippen molar-refractivity contribution in [3.8, 4) is 0 Å². The maximum absolute atomic E-state index is 5.22. The van der Waals surface area contributed by atoms with Crippen LogP contribution in [0.4, 0.5) is 0 Å². The Morgan fingerprint density at radius 1 is 1.35 bits per heavy atom. The molecule has 0 spiro atoms. The van der Waals surface area contributed by atoms with E-state index in [1.807, 2.05) is 12.1 Å². The van der Waals surface area contributed by atoms with Gasteiger partial charge in [-0.15, -0.1) is 6.58 Å². The Morgan fingerprint density at radius 3 is 2.59 bits per heavy atom. The molecular formula is C15H23NO. The van der Waals surface area contributed by atoms with Gasteiger partial charge in [0.2, 0.25) is 0 Å². The molecule has 0 bridgehead atoms. The van der Waals surface area contributed by atoms with Crippen LogP contribution in [0.3, 0.4) is 0 Å². The van der Waals surface area contributed by atoms with Gasteiger partial charge >= 0.3 is 0 Å². The van der Waals surface area contributed by atoms with Crippen LogP contribution in [0.2, 0.25) is 0 Å². The van der Waals surface area contributed by atoms with E-state index in [2.05, 4.69) is 43.1 Å². The summed E-state index contributed by atoms with van der Waals surface area (Å²) in [6, 6.07) is 11.2. The summed E-state index contributed by atoms with van der Waals surface area (Å²) in [5, 5.41) is 3.63. The smallest absolute Gasteiger partial charge is 0.0615 e. The van der Waals surface area contributed by atoms with Gasteiger partial charge in [-0.1, -0.05) is 43.3 Å². The molecule has 1 aromatic carbocycles. The van der Waals surface area contributed by atoms with E-state index in [1.165, 1.54) is 5.56 Å². The van der Waals surface area contributed by atoms with Gasteiger partial charge in [0.15, 0.2) is 0 Å². The summed E-state index contributed by atoms with van der Waals surface area (Å²) in [7, 11) is 1.75. The summed E-state index contributed by atoms with van der Waals surface area (Å²) in [6.07, 6.45) is 3.96. The van der Waals surface area contributed by atoms with Gasteiger partial charge in [-0.3, -0.25) is 0 Å². The van der Waals surface area contributed by atoms with Gasteiger partial charge in [0.1, 0.15) is 0 Å². The van der Waals surface area contributed by atoms with Crippen molar-refractivity contribution in [2.24, 2.45) is 0 Å². The number of ether oxygens (including phenoxy) is 1. The first-order valence-electron chi connectivity index (χ1n) is 6.22. The number of benzene rings is 1. The molecule has 1 rings (SSSR count). The maximum atomic E-state index is 5.22. The van der Waals surface area contributed by atoms with Crippen LogP contribution in [0.15, 0.2) is 43.0 Å². The summed E-state index contributed by atoms with van der Waals surface area (Å²) >= 11 is 0. The molecule has 0 heterocycles. The molecule has 94 valence electrons. The SMILES string of the molecule is C=CC[C@H](N[C@H](CC)COC)c1ccccc1. The summed E-state index contributed by atoms with van der Waals surface area (Å²) < 4.78 is 5.22. The van der Waals surface area contributed by atoms with Crippen LogP contribution in [0, 0.1) is 0 Å². The maximum Gasteiger partial charge on any atom is 0.0615 e. The second-order valence-corrected chi connectivity index (χ2v) is 4.21. The van der Waals surface area contributed by atoms with Crippen LogP contribution in [0.5, 0.6) is 0 Å². The zero-order chi connectivity index (χ0) is 12.5. The van der Waals surface area contributed by atoms with E-state index in [-0.39, 0.29) is 0 Å². The minimum Gasteiger partial charge on any atom is -0.383 e. The Labute approximate surface area is 105 Å². The van der Waals surface area contributed by atoms with Crippen molar-refractivity contribution in [2.45, 2.75) is 31.8 Å². The molecule has 2 atom stereocenters. The number of hydrogen-bond donors (Lipinski definition) is 1. The Bertz CT molecular complexity index is 310. The van der Waals surface area contributed by atoms with E-state index < -0.39 is 0 Å². The predicted octanol–water partition coefficient (Wildman–Crippen LogP) is 3.32. The van der Waals surface area contributed by atoms with Crippen LogP contribution in [0.1, 0.15) is 31.4 Å². The predicted molar refractivity (Wildman–Crippen MR) is 73.1 cm³/mol. The fourth-order valence-electron chi connectivity index (χ4n) is 1.92. The third-order valence-electron chi connectivity index (χ3n) is 2.90. The van der Waals surface area contributed by atoms with Gasteiger partial charge in [0.25, 0.3) is 0 Å². The van der Waals surface area contributed by atoms with Crippen LogP contribution < -0.4 is 5.32 Å². The summed E-state index contributed by atoms with van der Waals surface area (Å²) in [5.74, 6) is 0. The first-order valence-corrected chi connectivity index (χ1v) is 6.22. The molecule has 0 aliphatic rings. The zero-order valence-corrected chi connectivity index (χ0v) is 10.9. The standard InChI is InChI=1S/C15H23NO/c1-4-9-15(13-10-7-6-8-11-13)16-14(5-2)12-17-3/h4,6-8,10-11,14-16H,1,5,9,12H2,2-3H3/t14-,15+/m1/s1. The minimum atomic E-state index is 0.328. The number of nitrogens with one attached hydrogen (secondary N) is 1. The van der Waals surface area contributed by atoms with Crippen molar-refractivity contribution in [3.63, 3.8) is 0 Å². The van der Waals surface area contributed by atoms with E-state index in [0.29, 0.717) is 12.1 Å². The summed E-state index contributed by atoms with van der Waals surface area (Å²) in [5.41, 5.74) is 1.31. The average Bonchev–Trinajstić information content (AvgIpc) is 2.38. The number of rotatable bonds is 8. The van der Waals surface area contributed by atoms with Gasteiger partial charge in [0, 0.05) is 19.2 Å². The Morgan fingerprint density at radius 2 is 2.06 bits per heavy atom. The largest absolute Gasteiger partial charge is 0.383 e. The van der Waals surface area contributed by atoms with Gasteiger partial charge in [-0.2, -0.15) is 0 Å². The summed E-state index contributed by atoms with van der Waals surface area (Å²) in [6.45, 7) is 6.75. The Kier molecular flexibility index (Phi) is 6.60. The lowest BCUT2D eigenvalue weighted by Crippen LogP contribution is -2.35. The molecule has 0 radical (unpaired) electrons. The summed E-state index contributed by atoms with van der Waals surface area (Å²) in [4.78, 5) is 0. The molecule has 0 aliphatic heterocycles. The highest BCUT2D eigenvalue weighted by molar-refractivity contribution is 5.19.